The van der Waals surface area contributed by atoms with Gasteiger partial charge in [0.05, 0.1) is 21.1 Å². The molecule has 29 heavy (non-hydrogen) atoms. The summed E-state index contributed by atoms with van der Waals surface area (Å²) in [5.74, 6) is -2.70. The van der Waals surface area contributed by atoms with Crippen molar-refractivity contribution in [3.8, 4) is 0 Å². The van der Waals surface area contributed by atoms with Crippen LogP contribution in [-0.4, -0.2) is 40.6 Å². The molecule has 0 aliphatic carbocycles. The number of nitrogens with zero attached hydrogens (tertiary/aromatic N) is 2. The Labute approximate surface area is 172 Å². The van der Waals surface area contributed by atoms with Crippen LogP contribution in [0.2, 0.25) is 10.0 Å². The number of benzene rings is 1. The minimum atomic E-state index is -5.13. The van der Waals surface area contributed by atoms with Gasteiger partial charge in [-0.25, -0.2) is 4.98 Å². The number of hydrogen-bond acceptors (Lipinski definition) is 4. The number of rotatable bonds is 3. The number of fused-ring (bicyclic) bond motifs is 3. The van der Waals surface area contributed by atoms with Gasteiger partial charge >= 0.3 is 6.18 Å². The molecule has 1 aromatic heterocycles. The second-order valence-corrected chi connectivity index (χ2v) is 7.95. The van der Waals surface area contributed by atoms with Gasteiger partial charge in [-0.1, -0.05) is 23.2 Å². The number of carbonyl (C=O) groups excluding carboxylic acids is 2. The van der Waals surface area contributed by atoms with Gasteiger partial charge in [-0.15, -0.1) is 0 Å². The molecule has 2 aliphatic heterocycles. The molecule has 7 nitrogen and oxygen atoms in total. The maximum Gasteiger partial charge on any atom is 0.440 e. The molecule has 156 valence electrons. The number of hydrogen-bond donors (Lipinski definition) is 3. The summed E-state index contributed by atoms with van der Waals surface area (Å²) < 4.78 is 43.5. The van der Waals surface area contributed by atoms with Gasteiger partial charge in [0.1, 0.15) is 0 Å². The summed E-state index contributed by atoms with van der Waals surface area (Å²) >= 11 is 11.9. The maximum atomic E-state index is 14.3. The van der Waals surface area contributed by atoms with Crippen molar-refractivity contribution in [3.05, 3.63) is 22.2 Å². The molecule has 2 aliphatic rings. The summed E-state index contributed by atoms with van der Waals surface area (Å²) in [5, 5.41) is 7.30. The Morgan fingerprint density at radius 2 is 1.93 bits per heavy atom. The molecule has 0 saturated carbocycles. The fraction of sp³-hybridized carbons (Fsp3) is 0.471. The molecular formula is C17H16Cl2F3N5O2. The number of aromatic nitrogens is 2. The lowest BCUT2D eigenvalue weighted by atomic mass is 9.94. The highest BCUT2D eigenvalue weighted by atomic mass is 35.5. The largest absolute Gasteiger partial charge is 0.440 e. The van der Waals surface area contributed by atoms with Crippen LogP contribution in [0.25, 0.3) is 11.0 Å². The van der Waals surface area contributed by atoms with Crippen LogP contribution >= 0.6 is 23.2 Å². The summed E-state index contributed by atoms with van der Waals surface area (Å²) in [7, 11) is 0. The number of halogens is 5. The van der Waals surface area contributed by atoms with Crippen molar-refractivity contribution < 1.29 is 22.8 Å². The molecule has 1 aromatic carbocycles. The van der Waals surface area contributed by atoms with Gasteiger partial charge in [-0.05, 0) is 44.0 Å². The number of carbonyl (C=O) groups is 2. The zero-order chi connectivity index (χ0) is 21.0. The van der Waals surface area contributed by atoms with E-state index < -0.39 is 23.7 Å². The van der Waals surface area contributed by atoms with E-state index in [2.05, 4.69) is 15.6 Å². The second-order valence-electron chi connectivity index (χ2n) is 7.13. The fourth-order valence-electron chi connectivity index (χ4n) is 3.83. The quantitative estimate of drug-likeness (QED) is 0.671. The molecule has 1 saturated heterocycles. The van der Waals surface area contributed by atoms with Crippen molar-refractivity contribution in [1.82, 2.24) is 20.2 Å². The van der Waals surface area contributed by atoms with Gasteiger partial charge in [0.2, 0.25) is 11.9 Å². The number of nitrogens with one attached hydrogen (secondary N) is 3. The lowest BCUT2D eigenvalue weighted by Crippen LogP contribution is -2.63. The van der Waals surface area contributed by atoms with E-state index in [0.29, 0.717) is 30.5 Å². The molecule has 3 heterocycles. The van der Waals surface area contributed by atoms with Crippen LogP contribution in [0, 0.1) is 5.92 Å². The zero-order valence-electron chi connectivity index (χ0n) is 14.9. The maximum absolute atomic E-state index is 14.3. The molecule has 4 rings (SSSR count). The highest BCUT2D eigenvalue weighted by Gasteiger charge is 2.67. The van der Waals surface area contributed by atoms with Crippen LogP contribution in [0.5, 0.6) is 0 Å². The molecule has 2 aromatic rings. The highest BCUT2D eigenvalue weighted by Crippen LogP contribution is 2.45. The van der Waals surface area contributed by atoms with Crippen LogP contribution < -0.4 is 16.0 Å². The van der Waals surface area contributed by atoms with Crippen LogP contribution in [-0.2, 0) is 15.3 Å². The highest BCUT2D eigenvalue weighted by molar-refractivity contribution is 6.42. The number of imidazole rings is 1. The number of anilines is 1. The lowest BCUT2D eigenvalue weighted by molar-refractivity contribution is -0.217. The van der Waals surface area contributed by atoms with Crippen molar-refractivity contribution in [1.29, 1.82) is 0 Å². The Hall–Kier alpha value is -2.04. The monoisotopic (exact) mass is 449 g/mol. The topological polar surface area (TPSA) is 88.1 Å². The SMILES string of the molecule is O=C(CC1CCNCC1)NC1(C(F)(F)F)C(=O)Nc2nc3cc(Cl)c(Cl)cc3n21. The summed E-state index contributed by atoms with van der Waals surface area (Å²) in [4.78, 5) is 29.1. The van der Waals surface area contributed by atoms with Crippen LogP contribution in [0.3, 0.4) is 0 Å². The van der Waals surface area contributed by atoms with E-state index in [1.165, 1.54) is 12.1 Å². The first-order valence-corrected chi connectivity index (χ1v) is 9.67. The summed E-state index contributed by atoms with van der Waals surface area (Å²) in [6.45, 7) is 1.39. The Morgan fingerprint density at radius 1 is 1.28 bits per heavy atom. The predicted molar refractivity (Wildman–Crippen MR) is 101 cm³/mol. The number of alkyl halides is 3. The summed E-state index contributed by atoms with van der Waals surface area (Å²) in [5.41, 5.74) is -3.29. The molecule has 12 heteroatoms. The van der Waals surface area contributed by atoms with E-state index in [1.54, 1.807) is 0 Å². The van der Waals surface area contributed by atoms with Gasteiger partial charge in [0.25, 0.3) is 11.6 Å². The minimum absolute atomic E-state index is 0.00155. The van der Waals surface area contributed by atoms with Gasteiger partial charge in [-0.2, -0.15) is 13.2 Å². The van der Waals surface area contributed by atoms with Gasteiger partial charge < -0.3 is 10.6 Å². The van der Waals surface area contributed by atoms with Crippen molar-refractivity contribution in [2.24, 2.45) is 5.92 Å². The predicted octanol–water partition coefficient (Wildman–Crippen LogP) is 3.02. The second kappa shape index (κ2) is 7.03. The standard InChI is InChI=1S/C17H16Cl2F3N5O2/c18-9-6-11-12(7-10(9)19)27-15(24-11)25-14(29)16(27,17(20,21)22)26-13(28)5-8-1-3-23-4-2-8/h6-8,23H,1-5H2,(H,26,28)(H,24,25,29). The third-order valence-electron chi connectivity index (χ3n) is 5.25. The van der Waals surface area contributed by atoms with Crippen LogP contribution in [0.1, 0.15) is 19.3 Å². The molecular weight excluding hydrogens is 434 g/mol. The molecule has 2 amide bonds. The van der Waals surface area contributed by atoms with Crippen LogP contribution in [0.4, 0.5) is 19.1 Å². The fourth-order valence-corrected chi connectivity index (χ4v) is 4.15. The third-order valence-corrected chi connectivity index (χ3v) is 5.97. The van der Waals surface area contributed by atoms with Crippen molar-refractivity contribution in [2.45, 2.75) is 31.1 Å². The number of amides is 2. The molecule has 0 radical (unpaired) electrons. The zero-order valence-corrected chi connectivity index (χ0v) is 16.4. The van der Waals surface area contributed by atoms with Crippen molar-refractivity contribution in [3.63, 3.8) is 0 Å². The normalized spacial score (nSPS) is 22.6. The average Bonchev–Trinajstić information content (AvgIpc) is 3.10. The molecule has 0 bridgehead atoms. The van der Waals surface area contributed by atoms with Gasteiger partial charge in [0, 0.05) is 6.42 Å². The average molecular weight is 450 g/mol. The minimum Gasteiger partial charge on any atom is -0.317 e. The molecule has 1 fully saturated rings. The van der Waals surface area contributed by atoms with E-state index in [0.717, 1.165) is 0 Å². The number of piperidine rings is 1. The Bertz CT molecular complexity index is 1000. The van der Waals surface area contributed by atoms with Crippen molar-refractivity contribution >= 4 is 52.0 Å². The summed E-state index contributed by atoms with van der Waals surface area (Å²) in [6, 6.07) is 2.49. The van der Waals surface area contributed by atoms with E-state index in [-0.39, 0.29) is 39.4 Å². The first kappa shape index (κ1) is 20.2. The summed E-state index contributed by atoms with van der Waals surface area (Å²) in [6.07, 6.45) is -3.90. The smallest absolute Gasteiger partial charge is 0.317 e. The van der Waals surface area contributed by atoms with E-state index >= 15 is 0 Å². The first-order valence-electron chi connectivity index (χ1n) is 8.91. The first-order chi connectivity index (χ1) is 13.6. The van der Waals surface area contributed by atoms with E-state index in [9.17, 15) is 22.8 Å². The van der Waals surface area contributed by atoms with E-state index in [1.807, 2.05) is 5.32 Å². The van der Waals surface area contributed by atoms with E-state index in [4.69, 9.17) is 23.2 Å². The Kier molecular flexibility index (Phi) is 4.91. The lowest BCUT2D eigenvalue weighted by Gasteiger charge is -2.32. The third kappa shape index (κ3) is 3.23. The molecule has 1 atom stereocenters. The Balaban J connectivity index is 1.78. The van der Waals surface area contributed by atoms with Gasteiger partial charge in [-0.3, -0.25) is 19.5 Å². The van der Waals surface area contributed by atoms with Crippen LogP contribution in [0.15, 0.2) is 12.1 Å². The molecule has 0 spiro atoms. The van der Waals surface area contributed by atoms with Crippen molar-refractivity contribution in [2.75, 3.05) is 18.4 Å². The molecule has 1 unspecified atom stereocenters. The van der Waals surface area contributed by atoms with Gasteiger partial charge in [0.15, 0.2) is 0 Å². The molecule has 3 N–H and O–H groups in total. The Morgan fingerprint density at radius 3 is 2.59 bits per heavy atom.